The summed E-state index contributed by atoms with van der Waals surface area (Å²) in [6.07, 6.45) is 5.19. The standard InChI is InChI=1S/C23H19ClFN5O2/c24-20-11-16(5-6-21(20)25)29-23(32)30(13-17-7-9-26-14-28-17)10-8-15-12-27-22(31)19-4-2-1-3-18(15)19/h1-7,9,11-12,14H,8,10,13H2,(H,27,31)(H,29,32). The lowest BCUT2D eigenvalue weighted by Gasteiger charge is -2.23. The minimum Gasteiger partial charge on any atom is -0.328 e. The second-order valence-electron chi connectivity index (χ2n) is 7.12. The number of fused-ring (bicyclic) bond motifs is 1. The van der Waals surface area contributed by atoms with Crippen molar-refractivity contribution in [3.63, 3.8) is 0 Å². The number of halogens is 2. The molecule has 0 aliphatic heterocycles. The monoisotopic (exact) mass is 451 g/mol. The molecule has 32 heavy (non-hydrogen) atoms. The highest BCUT2D eigenvalue weighted by molar-refractivity contribution is 6.31. The number of rotatable bonds is 6. The SMILES string of the molecule is O=C(Nc1ccc(F)c(Cl)c1)N(CCc1c[nH]c(=O)c2ccccc12)Cc1ccncn1. The van der Waals surface area contributed by atoms with Crippen LogP contribution < -0.4 is 10.9 Å². The van der Waals surface area contributed by atoms with Crippen LogP contribution >= 0.6 is 11.6 Å². The van der Waals surface area contributed by atoms with Crippen molar-refractivity contribution in [1.29, 1.82) is 0 Å². The van der Waals surface area contributed by atoms with E-state index >= 15 is 0 Å². The number of carbonyl (C=O) groups excluding carboxylic acids is 1. The predicted octanol–water partition coefficient (Wildman–Crippen LogP) is 4.39. The molecule has 0 aliphatic rings. The lowest BCUT2D eigenvalue weighted by atomic mass is 10.1. The lowest BCUT2D eigenvalue weighted by molar-refractivity contribution is 0.209. The number of hydrogen-bond acceptors (Lipinski definition) is 4. The normalized spacial score (nSPS) is 10.8. The fraction of sp³-hybridized carbons (Fsp3) is 0.130. The van der Waals surface area contributed by atoms with Crippen molar-refractivity contribution >= 4 is 34.1 Å². The molecule has 0 saturated carbocycles. The minimum absolute atomic E-state index is 0.0788. The van der Waals surface area contributed by atoms with Gasteiger partial charge in [0.25, 0.3) is 5.56 Å². The minimum atomic E-state index is -0.563. The maximum Gasteiger partial charge on any atom is 0.322 e. The Hall–Kier alpha value is -3.78. The van der Waals surface area contributed by atoms with Crippen LogP contribution in [0.15, 0.2) is 72.0 Å². The summed E-state index contributed by atoms with van der Waals surface area (Å²) >= 11 is 5.83. The van der Waals surface area contributed by atoms with Crippen LogP contribution in [-0.2, 0) is 13.0 Å². The van der Waals surface area contributed by atoms with E-state index in [1.807, 2.05) is 18.2 Å². The van der Waals surface area contributed by atoms with E-state index in [-0.39, 0.29) is 23.2 Å². The number of urea groups is 1. The van der Waals surface area contributed by atoms with Crippen molar-refractivity contribution < 1.29 is 9.18 Å². The molecule has 4 aromatic rings. The number of nitrogens with one attached hydrogen (secondary N) is 2. The van der Waals surface area contributed by atoms with Gasteiger partial charge in [-0.05, 0) is 47.7 Å². The molecule has 0 spiro atoms. The highest BCUT2D eigenvalue weighted by atomic mass is 35.5. The van der Waals surface area contributed by atoms with Gasteiger partial charge in [0.05, 0.1) is 17.3 Å². The van der Waals surface area contributed by atoms with Crippen LogP contribution in [0, 0.1) is 5.82 Å². The van der Waals surface area contributed by atoms with Gasteiger partial charge in [0.15, 0.2) is 0 Å². The molecule has 0 atom stereocenters. The maximum atomic E-state index is 13.5. The van der Waals surface area contributed by atoms with E-state index in [4.69, 9.17) is 11.6 Å². The van der Waals surface area contributed by atoms with Crippen LogP contribution in [0.5, 0.6) is 0 Å². The van der Waals surface area contributed by atoms with Gasteiger partial charge >= 0.3 is 6.03 Å². The van der Waals surface area contributed by atoms with E-state index in [0.717, 1.165) is 10.9 Å². The van der Waals surface area contributed by atoms with Gasteiger partial charge in [-0.2, -0.15) is 0 Å². The largest absolute Gasteiger partial charge is 0.328 e. The van der Waals surface area contributed by atoms with Gasteiger partial charge in [-0.25, -0.2) is 19.2 Å². The van der Waals surface area contributed by atoms with E-state index in [0.29, 0.717) is 29.7 Å². The Morgan fingerprint density at radius 1 is 1.16 bits per heavy atom. The zero-order chi connectivity index (χ0) is 22.5. The summed E-state index contributed by atoms with van der Waals surface area (Å²) in [5.74, 6) is -0.563. The molecule has 2 heterocycles. The molecule has 0 fully saturated rings. The van der Waals surface area contributed by atoms with E-state index < -0.39 is 5.82 Å². The first-order chi connectivity index (χ1) is 15.5. The van der Waals surface area contributed by atoms with Gasteiger partial charge in [-0.3, -0.25) is 4.79 Å². The first kappa shape index (κ1) is 21.5. The van der Waals surface area contributed by atoms with Crippen molar-refractivity contribution in [2.45, 2.75) is 13.0 Å². The fourth-order valence-electron chi connectivity index (χ4n) is 3.37. The lowest BCUT2D eigenvalue weighted by Crippen LogP contribution is -2.36. The van der Waals surface area contributed by atoms with E-state index in [2.05, 4.69) is 20.3 Å². The Bertz CT molecular complexity index is 1310. The second kappa shape index (κ2) is 9.57. The van der Waals surface area contributed by atoms with Gasteiger partial charge in [-0.15, -0.1) is 0 Å². The Kier molecular flexibility index (Phi) is 6.42. The van der Waals surface area contributed by atoms with Crippen LogP contribution in [0.3, 0.4) is 0 Å². The molecule has 162 valence electrons. The van der Waals surface area contributed by atoms with Crippen LogP contribution in [0.25, 0.3) is 10.8 Å². The molecule has 7 nitrogen and oxygen atoms in total. The smallest absolute Gasteiger partial charge is 0.322 e. The van der Waals surface area contributed by atoms with Crippen molar-refractivity contribution in [3.05, 3.63) is 99.7 Å². The third-order valence-corrected chi connectivity index (χ3v) is 5.29. The van der Waals surface area contributed by atoms with Crippen molar-refractivity contribution in [2.24, 2.45) is 0 Å². The number of nitrogens with zero attached hydrogens (tertiary/aromatic N) is 3. The van der Waals surface area contributed by atoms with Gasteiger partial charge in [-0.1, -0.05) is 29.8 Å². The number of aromatic nitrogens is 3. The Labute approximate surface area is 187 Å². The molecule has 4 rings (SSSR count). The highest BCUT2D eigenvalue weighted by Gasteiger charge is 2.17. The number of amides is 2. The zero-order valence-electron chi connectivity index (χ0n) is 16.9. The highest BCUT2D eigenvalue weighted by Crippen LogP contribution is 2.20. The molecule has 2 amide bonds. The summed E-state index contributed by atoms with van der Waals surface area (Å²) in [6, 6.07) is 12.7. The van der Waals surface area contributed by atoms with Crippen molar-refractivity contribution in [2.75, 3.05) is 11.9 Å². The molecule has 2 aromatic carbocycles. The zero-order valence-corrected chi connectivity index (χ0v) is 17.6. The summed E-state index contributed by atoms with van der Waals surface area (Å²) < 4.78 is 13.5. The summed E-state index contributed by atoms with van der Waals surface area (Å²) in [7, 11) is 0. The summed E-state index contributed by atoms with van der Waals surface area (Å²) in [4.78, 5) is 37.6. The fourth-order valence-corrected chi connectivity index (χ4v) is 3.55. The first-order valence-corrected chi connectivity index (χ1v) is 10.2. The molecule has 9 heteroatoms. The third-order valence-electron chi connectivity index (χ3n) is 5.00. The van der Waals surface area contributed by atoms with Crippen LogP contribution in [0.4, 0.5) is 14.9 Å². The Balaban J connectivity index is 1.57. The molecule has 2 aromatic heterocycles. The van der Waals surface area contributed by atoms with Crippen LogP contribution in [0.2, 0.25) is 5.02 Å². The Morgan fingerprint density at radius 3 is 2.72 bits per heavy atom. The number of H-pyrrole nitrogens is 1. The third kappa shape index (κ3) is 4.92. The number of anilines is 1. The van der Waals surface area contributed by atoms with Gasteiger partial charge < -0.3 is 15.2 Å². The molecular formula is C23H19ClFN5O2. The van der Waals surface area contributed by atoms with Gasteiger partial charge in [0, 0.05) is 30.0 Å². The average Bonchev–Trinajstić information content (AvgIpc) is 2.81. The number of pyridine rings is 1. The van der Waals surface area contributed by atoms with Gasteiger partial charge in [0.1, 0.15) is 12.1 Å². The molecule has 2 N–H and O–H groups in total. The predicted molar refractivity (Wildman–Crippen MR) is 121 cm³/mol. The summed E-state index contributed by atoms with van der Waals surface area (Å²) in [6.45, 7) is 0.589. The molecule has 0 saturated heterocycles. The molecular weight excluding hydrogens is 433 g/mol. The molecule has 0 unspecified atom stereocenters. The Morgan fingerprint density at radius 2 is 1.97 bits per heavy atom. The molecule has 0 bridgehead atoms. The van der Waals surface area contributed by atoms with Crippen LogP contribution in [0.1, 0.15) is 11.3 Å². The molecule has 0 radical (unpaired) electrons. The number of hydrogen-bond donors (Lipinski definition) is 2. The van der Waals surface area contributed by atoms with E-state index in [1.165, 1.54) is 24.5 Å². The second-order valence-corrected chi connectivity index (χ2v) is 7.53. The number of aromatic amines is 1. The van der Waals surface area contributed by atoms with Crippen molar-refractivity contribution in [1.82, 2.24) is 19.9 Å². The summed E-state index contributed by atoms with van der Waals surface area (Å²) in [5.41, 5.74) is 1.79. The van der Waals surface area contributed by atoms with Crippen LogP contribution in [-0.4, -0.2) is 32.4 Å². The average molecular weight is 452 g/mol. The molecule has 0 aliphatic carbocycles. The topological polar surface area (TPSA) is 91.0 Å². The number of benzene rings is 2. The maximum absolute atomic E-state index is 13.5. The van der Waals surface area contributed by atoms with E-state index in [9.17, 15) is 14.0 Å². The first-order valence-electron chi connectivity index (χ1n) is 9.86. The van der Waals surface area contributed by atoms with Crippen molar-refractivity contribution in [3.8, 4) is 0 Å². The quantitative estimate of drug-likeness (QED) is 0.455. The van der Waals surface area contributed by atoms with E-state index in [1.54, 1.807) is 29.4 Å². The summed E-state index contributed by atoms with van der Waals surface area (Å²) in [5, 5.41) is 4.10. The van der Waals surface area contributed by atoms with Gasteiger partial charge in [0.2, 0.25) is 0 Å². The number of carbonyl (C=O) groups is 1.